The third kappa shape index (κ3) is 4.26. The van der Waals surface area contributed by atoms with Gasteiger partial charge < -0.3 is 4.42 Å². The van der Waals surface area contributed by atoms with E-state index in [1.807, 2.05) is 0 Å². The van der Waals surface area contributed by atoms with Gasteiger partial charge in [-0.25, -0.2) is 0 Å². The molecule has 12 rings (SSSR count). The lowest BCUT2D eigenvalue weighted by Gasteiger charge is -2.21. The second-order valence-electron chi connectivity index (χ2n) is 15.9. The van der Waals surface area contributed by atoms with Crippen molar-refractivity contribution in [1.29, 1.82) is 0 Å². The number of furan rings is 1. The van der Waals surface area contributed by atoms with Crippen molar-refractivity contribution in [3.63, 3.8) is 0 Å². The zero-order chi connectivity index (χ0) is 37.1. The van der Waals surface area contributed by atoms with Crippen molar-refractivity contribution < 1.29 is 4.42 Å². The van der Waals surface area contributed by atoms with Crippen molar-refractivity contribution in [1.82, 2.24) is 0 Å². The van der Waals surface area contributed by atoms with Crippen molar-refractivity contribution in [2.45, 2.75) is 19.3 Å². The fourth-order valence-electron chi connectivity index (χ4n) is 10.1. The van der Waals surface area contributed by atoms with E-state index in [-0.39, 0.29) is 5.41 Å². The summed E-state index contributed by atoms with van der Waals surface area (Å²) in [4.78, 5) is 0. The molecule has 1 nitrogen and oxygen atoms in total. The molecule has 0 amide bonds. The number of benzene rings is 10. The van der Waals surface area contributed by atoms with Crippen LogP contribution in [0.1, 0.15) is 25.0 Å². The minimum Gasteiger partial charge on any atom is -0.455 e. The minimum absolute atomic E-state index is 0.104. The summed E-state index contributed by atoms with van der Waals surface area (Å²) in [7, 11) is 0. The molecule has 0 saturated carbocycles. The Morgan fingerprint density at radius 2 is 0.911 bits per heavy atom. The van der Waals surface area contributed by atoms with E-state index in [4.69, 9.17) is 4.42 Å². The molecule has 0 saturated heterocycles. The predicted molar refractivity (Wildman–Crippen MR) is 238 cm³/mol. The van der Waals surface area contributed by atoms with Crippen LogP contribution in [0.5, 0.6) is 0 Å². The third-order valence-electron chi connectivity index (χ3n) is 12.6. The molecule has 1 heterocycles. The molecule has 11 aromatic rings. The first kappa shape index (κ1) is 31.4. The Bertz CT molecular complexity index is 3390. The number of fused-ring (bicyclic) bond motifs is 12. The second kappa shape index (κ2) is 11.5. The second-order valence-corrected chi connectivity index (χ2v) is 15.9. The molecule has 0 fully saturated rings. The van der Waals surface area contributed by atoms with Crippen molar-refractivity contribution in [2.24, 2.45) is 0 Å². The van der Waals surface area contributed by atoms with Gasteiger partial charge in [0.1, 0.15) is 11.2 Å². The first-order chi connectivity index (χ1) is 27.6. The van der Waals surface area contributed by atoms with Gasteiger partial charge in [-0.05, 0) is 99.7 Å². The molecule has 10 aromatic carbocycles. The molecule has 56 heavy (non-hydrogen) atoms. The van der Waals surface area contributed by atoms with E-state index in [1.54, 1.807) is 0 Å². The van der Waals surface area contributed by atoms with Crippen molar-refractivity contribution in [2.75, 3.05) is 0 Å². The van der Waals surface area contributed by atoms with Gasteiger partial charge in [-0.2, -0.15) is 0 Å². The van der Waals surface area contributed by atoms with Crippen LogP contribution in [-0.4, -0.2) is 0 Å². The SMILES string of the molecule is CC1(C)c2ccccc2-c2c1ccc1c2oc2c(-c3cccc(-c4c5ccccc5c(-c5cccc6ccccc56)c5ccccc45)c3)cc3ccccc3c21. The monoisotopic (exact) mass is 712 g/mol. The molecular weight excluding hydrogens is 677 g/mol. The van der Waals surface area contributed by atoms with E-state index < -0.39 is 0 Å². The first-order valence-corrected chi connectivity index (χ1v) is 19.6. The highest BCUT2D eigenvalue weighted by molar-refractivity contribution is 6.26. The van der Waals surface area contributed by atoms with Crippen LogP contribution in [-0.2, 0) is 5.41 Å². The molecule has 0 N–H and O–H groups in total. The lowest BCUT2D eigenvalue weighted by atomic mass is 9.82. The van der Waals surface area contributed by atoms with E-state index in [9.17, 15) is 0 Å². The van der Waals surface area contributed by atoms with Crippen LogP contribution in [0.15, 0.2) is 186 Å². The highest BCUT2D eigenvalue weighted by Crippen LogP contribution is 2.54. The van der Waals surface area contributed by atoms with Crippen LogP contribution in [0, 0.1) is 0 Å². The van der Waals surface area contributed by atoms with E-state index in [2.05, 4.69) is 196 Å². The zero-order valence-corrected chi connectivity index (χ0v) is 31.2. The fraction of sp³-hybridized carbons (Fsp3) is 0.0545. The summed E-state index contributed by atoms with van der Waals surface area (Å²) >= 11 is 0. The summed E-state index contributed by atoms with van der Waals surface area (Å²) in [5.41, 5.74) is 14.2. The Hall–Kier alpha value is -6.96. The van der Waals surface area contributed by atoms with Gasteiger partial charge in [-0.15, -0.1) is 0 Å². The van der Waals surface area contributed by atoms with Crippen LogP contribution in [0.4, 0.5) is 0 Å². The Morgan fingerprint density at radius 3 is 1.68 bits per heavy atom. The maximum Gasteiger partial charge on any atom is 0.143 e. The molecule has 0 bridgehead atoms. The summed E-state index contributed by atoms with van der Waals surface area (Å²) in [5.74, 6) is 0. The van der Waals surface area contributed by atoms with Gasteiger partial charge in [-0.1, -0.05) is 184 Å². The van der Waals surface area contributed by atoms with Crippen LogP contribution < -0.4 is 0 Å². The van der Waals surface area contributed by atoms with Gasteiger partial charge >= 0.3 is 0 Å². The van der Waals surface area contributed by atoms with Crippen molar-refractivity contribution in [3.05, 3.63) is 193 Å². The summed E-state index contributed by atoms with van der Waals surface area (Å²) in [6, 6.07) is 67.0. The lowest BCUT2D eigenvalue weighted by molar-refractivity contribution is 0.653. The maximum absolute atomic E-state index is 7.23. The summed E-state index contributed by atoms with van der Waals surface area (Å²) < 4.78 is 7.23. The van der Waals surface area contributed by atoms with Crippen LogP contribution in [0.3, 0.4) is 0 Å². The van der Waals surface area contributed by atoms with E-state index in [1.165, 1.54) is 98.4 Å². The first-order valence-electron chi connectivity index (χ1n) is 19.6. The summed E-state index contributed by atoms with van der Waals surface area (Å²) in [5, 5.41) is 12.3. The minimum atomic E-state index is -0.104. The van der Waals surface area contributed by atoms with Crippen LogP contribution >= 0.6 is 0 Å². The Morgan fingerprint density at radius 1 is 0.339 bits per heavy atom. The molecule has 1 aliphatic rings. The molecule has 1 aliphatic carbocycles. The normalized spacial score (nSPS) is 13.3. The van der Waals surface area contributed by atoms with Gasteiger partial charge in [0.25, 0.3) is 0 Å². The van der Waals surface area contributed by atoms with E-state index in [0.29, 0.717) is 0 Å². The van der Waals surface area contributed by atoms with Gasteiger partial charge in [0.2, 0.25) is 0 Å². The molecular formula is C55H36O. The molecule has 0 aliphatic heterocycles. The molecule has 262 valence electrons. The quantitative estimate of drug-likeness (QED) is 0.166. The molecule has 0 unspecified atom stereocenters. The lowest BCUT2D eigenvalue weighted by Crippen LogP contribution is -2.14. The molecule has 0 spiro atoms. The van der Waals surface area contributed by atoms with Gasteiger partial charge in [0, 0.05) is 27.3 Å². The smallest absolute Gasteiger partial charge is 0.143 e. The largest absolute Gasteiger partial charge is 0.455 e. The number of hydrogen-bond acceptors (Lipinski definition) is 1. The summed E-state index contributed by atoms with van der Waals surface area (Å²) in [6.07, 6.45) is 0. The number of hydrogen-bond donors (Lipinski definition) is 0. The van der Waals surface area contributed by atoms with Crippen LogP contribution in [0.2, 0.25) is 0 Å². The van der Waals surface area contributed by atoms with E-state index >= 15 is 0 Å². The average molecular weight is 713 g/mol. The van der Waals surface area contributed by atoms with Crippen LogP contribution in [0.25, 0.3) is 110 Å². The Balaban J connectivity index is 1.14. The predicted octanol–water partition coefficient (Wildman–Crippen LogP) is 15.5. The average Bonchev–Trinajstić information content (AvgIpc) is 3.75. The molecule has 1 heteroatoms. The maximum atomic E-state index is 7.23. The molecule has 0 radical (unpaired) electrons. The standard InChI is InChI=1S/C55H36O/c1-55(2)47-28-12-11-26-44(47)52-48(55)30-29-45-51-38-21-6-4-16-35(38)32-46(54(51)56-53(45)52)34-18-13-19-36(31-34)49-40-22-7-9-24-42(40)50(43-25-10-8-23-41(43)49)39-27-14-17-33-15-3-5-20-37(33)39/h3-32H,1-2H3. The highest BCUT2D eigenvalue weighted by atomic mass is 16.3. The third-order valence-corrected chi connectivity index (χ3v) is 12.6. The van der Waals surface area contributed by atoms with Gasteiger partial charge in [0.05, 0.1) is 0 Å². The van der Waals surface area contributed by atoms with Crippen molar-refractivity contribution in [3.8, 4) is 44.5 Å². The number of rotatable bonds is 3. The van der Waals surface area contributed by atoms with Crippen molar-refractivity contribution >= 4 is 65.0 Å². The Kier molecular flexibility index (Phi) is 6.46. The van der Waals surface area contributed by atoms with Gasteiger partial charge in [0.15, 0.2) is 0 Å². The molecule has 1 aromatic heterocycles. The topological polar surface area (TPSA) is 13.1 Å². The molecule has 0 atom stereocenters. The summed E-state index contributed by atoms with van der Waals surface area (Å²) in [6.45, 7) is 4.67. The zero-order valence-electron chi connectivity index (χ0n) is 31.2. The Labute approximate surface area is 325 Å². The van der Waals surface area contributed by atoms with E-state index in [0.717, 1.165) is 22.3 Å². The highest BCUT2D eigenvalue weighted by Gasteiger charge is 2.37. The fourth-order valence-corrected chi connectivity index (χ4v) is 10.1. The van der Waals surface area contributed by atoms with Gasteiger partial charge in [-0.3, -0.25) is 0 Å².